The molecule has 1 aliphatic heterocycles. The lowest BCUT2D eigenvalue weighted by molar-refractivity contribution is -0.126. The highest BCUT2D eigenvalue weighted by Gasteiger charge is 2.27. The van der Waals surface area contributed by atoms with Crippen molar-refractivity contribution >= 4 is 35.0 Å². The Hall–Kier alpha value is -3.55. The summed E-state index contributed by atoms with van der Waals surface area (Å²) in [6.45, 7) is 4.93. The molecule has 0 aliphatic carbocycles. The minimum atomic E-state index is -0.364. The molecular formula is C23H29N5O3. The molecule has 0 spiro atoms. The van der Waals surface area contributed by atoms with Crippen LogP contribution in [-0.4, -0.2) is 42.0 Å². The normalized spacial score (nSPS) is 14.1. The Balaban J connectivity index is 1.50. The van der Waals surface area contributed by atoms with E-state index in [0.29, 0.717) is 43.0 Å². The zero-order chi connectivity index (χ0) is 22.2. The standard InChI is InChI=1S/C23H29N5O3/c1-16(2)24-21(29)17-11-13-28(14-12-17)23(31)27-20-10-6-9-19(15-20)26-22(30)25-18-7-4-3-5-8-18/h3-10,15-17H,11-14H2,1-2H3,(H,24,29)(H,27,31)(H2,25,26,30). The molecule has 1 saturated heterocycles. The molecule has 0 aromatic heterocycles. The molecule has 1 heterocycles. The van der Waals surface area contributed by atoms with Crippen molar-refractivity contribution < 1.29 is 14.4 Å². The number of piperidine rings is 1. The van der Waals surface area contributed by atoms with Gasteiger partial charge in [0, 0.05) is 42.1 Å². The van der Waals surface area contributed by atoms with E-state index in [2.05, 4.69) is 21.3 Å². The predicted octanol–water partition coefficient (Wildman–Crippen LogP) is 4.10. The van der Waals surface area contributed by atoms with Crippen molar-refractivity contribution in [3.05, 3.63) is 54.6 Å². The van der Waals surface area contributed by atoms with Gasteiger partial charge in [0.15, 0.2) is 0 Å². The Kier molecular flexibility index (Phi) is 7.48. The van der Waals surface area contributed by atoms with Crippen LogP contribution in [0.15, 0.2) is 54.6 Å². The van der Waals surface area contributed by atoms with E-state index in [4.69, 9.17) is 0 Å². The van der Waals surface area contributed by atoms with Crippen LogP contribution in [0.5, 0.6) is 0 Å². The molecule has 1 aliphatic rings. The average molecular weight is 424 g/mol. The van der Waals surface area contributed by atoms with Crippen LogP contribution >= 0.6 is 0 Å². The SMILES string of the molecule is CC(C)NC(=O)C1CCN(C(=O)Nc2cccc(NC(=O)Nc3ccccc3)c2)CC1. The lowest BCUT2D eigenvalue weighted by Gasteiger charge is -2.31. The van der Waals surface area contributed by atoms with Crippen LogP contribution in [0.25, 0.3) is 0 Å². The summed E-state index contributed by atoms with van der Waals surface area (Å²) in [5.41, 5.74) is 1.84. The fraction of sp³-hybridized carbons (Fsp3) is 0.348. The average Bonchev–Trinajstić information content (AvgIpc) is 2.74. The van der Waals surface area contributed by atoms with Gasteiger partial charge in [-0.15, -0.1) is 0 Å². The first-order valence-corrected chi connectivity index (χ1v) is 10.5. The minimum Gasteiger partial charge on any atom is -0.354 e. The third-order valence-electron chi connectivity index (χ3n) is 4.99. The molecule has 8 heteroatoms. The molecule has 31 heavy (non-hydrogen) atoms. The van der Waals surface area contributed by atoms with E-state index < -0.39 is 0 Å². The molecule has 0 atom stereocenters. The third-order valence-corrected chi connectivity index (χ3v) is 4.99. The third kappa shape index (κ3) is 6.74. The zero-order valence-corrected chi connectivity index (χ0v) is 17.9. The minimum absolute atomic E-state index is 0.0536. The van der Waals surface area contributed by atoms with Gasteiger partial charge in [-0.3, -0.25) is 4.79 Å². The van der Waals surface area contributed by atoms with Crippen LogP contribution < -0.4 is 21.3 Å². The molecule has 3 rings (SSSR count). The molecule has 2 aromatic rings. The number of para-hydroxylation sites is 1. The van der Waals surface area contributed by atoms with Gasteiger partial charge in [-0.2, -0.15) is 0 Å². The first-order valence-electron chi connectivity index (χ1n) is 10.5. The molecule has 8 nitrogen and oxygen atoms in total. The smallest absolute Gasteiger partial charge is 0.323 e. The van der Waals surface area contributed by atoms with E-state index in [-0.39, 0.29) is 29.9 Å². The van der Waals surface area contributed by atoms with Gasteiger partial charge in [0.1, 0.15) is 0 Å². The highest BCUT2D eigenvalue weighted by atomic mass is 16.2. The van der Waals surface area contributed by atoms with E-state index in [1.807, 2.05) is 32.0 Å². The molecule has 4 N–H and O–H groups in total. The molecular weight excluding hydrogens is 394 g/mol. The van der Waals surface area contributed by atoms with E-state index in [1.54, 1.807) is 41.3 Å². The number of nitrogens with zero attached hydrogens (tertiary/aromatic N) is 1. The van der Waals surface area contributed by atoms with E-state index >= 15 is 0 Å². The molecule has 0 saturated carbocycles. The summed E-state index contributed by atoms with van der Waals surface area (Å²) in [7, 11) is 0. The van der Waals surface area contributed by atoms with Crippen LogP contribution in [0.3, 0.4) is 0 Å². The van der Waals surface area contributed by atoms with E-state index in [0.717, 1.165) is 0 Å². The molecule has 2 aromatic carbocycles. The summed E-state index contributed by atoms with van der Waals surface area (Å²) in [5.74, 6) is 0.00437. The number of carbonyl (C=O) groups excluding carboxylic acids is 3. The Morgan fingerprint density at radius 1 is 0.839 bits per heavy atom. The highest BCUT2D eigenvalue weighted by molar-refractivity contribution is 6.00. The zero-order valence-electron chi connectivity index (χ0n) is 17.9. The summed E-state index contributed by atoms with van der Waals surface area (Å²) >= 11 is 0. The number of rotatable bonds is 5. The molecule has 1 fully saturated rings. The highest BCUT2D eigenvalue weighted by Crippen LogP contribution is 2.20. The van der Waals surface area contributed by atoms with Crippen LogP contribution in [0, 0.1) is 5.92 Å². The number of hydrogen-bond donors (Lipinski definition) is 4. The molecule has 0 bridgehead atoms. The topological polar surface area (TPSA) is 103 Å². The number of nitrogens with one attached hydrogen (secondary N) is 4. The lowest BCUT2D eigenvalue weighted by atomic mass is 9.96. The summed E-state index contributed by atoms with van der Waals surface area (Å²) in [4.78, 5) is 38.6. The Bertz CT molecular complexity index is 908. The number of likely N-dealkylation sites (tertiary alicyclic amines) is 1. The molecule has 5 amide bonds. The van der Waals surface area contributed by atoms with Gasteiger partial charge in [0.2, 0.25) is 5.91 Å². The summed E-state index contributed by atoms with van der Waals surface area (Å²) in [6.07, 6.45) is 1.29. The summed E-state index contributed by atoms with van der Waals surface area (Å²) in [6, 6.07) is 15.7. The Morgan fingerprint density at radius 2 is 1.42 bits per heavy atom. The molecule has 0 radical (unpaired) electrons. The number of hydrogen-bond acceptors (Lipinski definition) is 3. The van der Waals surface area contributed by atoms with Gasteiger partial charge >= 0.3 is 12.1 Å². The van der Waals surface area contributed by atoms with Gasteiger partial charge in [0.25, 0.3) is 0 Å². The number of anilines is 3. The van der Waals surface area contributed by atoms with Gasteiger partial charge < -0.3 is 26.2 Å². The molecule has 0 unspecified atom stereocenters. The van der Waals surface area contributed by atoms with E-state index in [1.165, 1.54) is 0 Å². The second-order valence-electron chi connectivity index (χ2n) is 7.88. The first-order chi connectivity index (χ1) is 14.9. The van der Waals surface area contributed by atoms with Crippen molar-refractivity contribution in [3.63, 3.8) is 0 Å². The number of amides is 5. The van der Waals surface area contributed by atoms with Crippen LogP contribution in [0.2, 0.25) is 0 Å². The van der Waals surface area contributed by atoms with Gasteiger partial charge in [-0.1, -0.05) is 24.3 Å². The fourth-order valence-electron chi connectivity index (χ4n) is 3.44. The lowest BCUT2D eigenvalue weighted by Crippen LogP contribution is -2.45. The quantitative estimate of drug-likeness (QED) is 0.582. The van der Waals surface area contributed by atoms with Crippen molar-refractivity contribution in [2.24, 2.45) is 5.92 Å². The Labute approximate surface area is 182 Å². The second kappa shape index (κ2) is 10.5. The van der Waals surface area contributed by atoms with Crippen molar-refractivity contribution in [1.29, 1.82) is 0 Å². The maximum atomic E-state index is 12.6. The van der Waals surface area contributed by atoms with Crippen LogP contribution in [0.1, 0.15) is 26.7 Å². The largest absolute Gasteiger partial charge is 0.354 e. The number of urea groups is 2. The van der Waals surface area contributed by atoms with Gasteiger partial charge in [-0.05, 0) is 57.0 Å². The molecule has 164 valence electrons. The number of benzene rings is 2. The predicted molar refractivity (Wildman–Crippen MR) is 122 cm³/mol. The maximum Gasteiger partial charge on any atom is 0.323 e. The van der Waals surface area contributed by atoms with Crippen molar-refractivity contribution in [1.82, 2.24) is 10.2 Å². The van der Waals surface area contributed by atoms with Crippen LogP contribution in [0.4, 0.5) is 26.7 Å². The first kappa shape index (κ1) is 22.1. The number of carbonyl (C=O) groups is 3. The van der Waals surface area contributed by atoms with Crippen molar-refractivity contribution in [2.75, 3.05) is 29.0 Å². The van der Waals surface area contributed by atoms with Crippen molar-refractivity contribution in [3.8, 4) is 0 Å². The summed E-state index contributed by atoms with van der Waals surface area (Å²) < 4.78 is 0. The van der Waals surface area contributed by atoms with Crippen molar-refractivity contribution in [2.45, 2.75) is 32.7 Å². The van der Waals surface area contributed by atoms with Crippen LogP contribution in [-0.2, 0) is 4.79 Å². The second-order valence-corrected chi connectivity index (χ2v) is 7.88. The van der Waals surface area contributed by atoms with E-state index in [9.17, 15) is 14.4 Å². The summed E-state index contributed by atoms with van der Waals surface area (Å²) in [5, 5.41) is 11.3. The van der Waals surface area contributed by atoms with Gasteiger partial charge in [-0.25, -0.2) is 9.59 Å². The fourth-order valence-corrected chi connectivity index (χ4v) is 3.44. The monoisotopic (exact) mass is 423 g/mol. The van der Waals surface area contributed by atoms with Gasteiger partial charge in [0.05, 0.1) is 0 Å². The Morgan fingerprint density at radius 3 is 2.06 bits per heavy atom. The maximum absolute atomic E-state index is 12.6.